The van der Waals surface area contributed by atoms with E-state index in [4.69, 9.17) is 51.2 Å². The van der Waals surface area contributed by atoms with Crippen molar-refractivity contribution in [1.29, 1.82) is 0 Å². The van der Waals surface area contributed by atoms with Crippen molar-refractivity contribution in [3.63, 3.8) is 0 Å². The maximum atomic E-state index is 12.1. The molecule has 0 aromatic heterocycles. The van der Waals surface area contributed by atoms with Crippen molar-refractivity contribution in [1.82, 2.24) is 0 Å². The largest absolute Gasteiger partial charge is 0.414 e. The van der Waals surface area contributed by atoms with E-state index in [1.165, 1.54) is 12.1 Å². The third-order valence-electron chi connectivity index (χ3n) is 7.25. The Bertz CT molecular complexity index is 988. The van der Waals surface area contributed by atoms with E-state index in [0.717, 1.165) is 5.56 Å². The quantitative estimate of drug-likeness (QED) is 0.0590. The van der Waals surface area contributed by atoms with Crippen molar-refractivity contribution in [2.75, 3.05) is 132 Å². The second-order valence-electron chi connectivity index (χ2n) is 12.2. The first-order valence-corrected chi connectivity index (χ1v) is 21.1. The molecule has 0 amide bonds. The van der Waals surface area contributed by atoms with Gasteiger partial charge in [0, 0.05) is 0 Å². The van der Waals surface area contributed by atoms with Crippen molar-refractivity contribution in [3.05, 3.63) is 29.8 Å². The molecule has 0 aliphatic rings. The van der Waals surface area contributed by atoms with Gasteiger partial charge in [-0.05, 0) is 37.2 Å². The van der Waals surface area contributed by atoms with E-state index >= 15 is 0 Å². The van der Waals surface area contributed by atoms with Crippen LogP contribution in [0.1, 0.15) is 26.3 Å². The molecule has 0 aliphatic carbocycles. The maximum absolute atomic E-state index is 12.1. The molecule has 0 saturated carbocycles. The molecule has 1 aromatic carbocycles. The molecule has 1 rings (SSSR count). The summed E-state index contributed by atoms with van der Waals surface area (Å²) >= 11 is 0. The fourth-order valence-electron chi connectivity index (χ4n) is 3.41. The van der Waals surface area contributed by atoms with Gasteiger partial charge in [0.25, 0.3) is 10.1 Å². The maximum Gasteiger partial charge on any atom is 0.297 e. The van der Waals surface area contributed by atoms with E-state index in [0.29, 0.717) is 119 Å². The van der Waals surface area contributed by atoms with E-state index in [-0.39, 0.29) is 23.1 Å². The van der Waals surface area contributed by atoms with E-state index in [1.807, 2.05) is 6.92 Å². The van der Waals surface area contributed by atoms with Gasteiger partial charge in [0.1, 0.15) is 0 Å². The molecule has 0 spiro atoms. The van der Waals surface area contributed by atoms with Gasteiger partial charge in [-0.2, -0.15) is 8.42 Å². The molecule has 13 nitrogen and oxygen atoms in total. The molecule has 0 aliphatic heterocycles. The highest BCUT2D eigenvalue weighted by Crippen LogP contribution is 2.36. The Morgan fingerprint density at radius 2 is 0.750 bits per heavy atom. The van der Waals surface area contributed by atoms with Crippen molar-refractivity contribution < 1.29 is 59.7 Å². The van der Waals surface area contributed by atoms with Crippen LogP contribution in [-0.4, -0.2) is 149 Å². The van der Waals surface area contributed by atoms with Gasteiger partial charge in [-0.3, -0.25) is 4.18 Å². The fourth-order valence-corrected chi connectivity index (χ4v) is 5.33. The van der Waals surface area contributed by atoms with Crippen molar-refractivity contribution >= 4 is 18.4 Å². The zero-order valence-corrected chi connectivity index (χ0v) is 32.0. The summed E-state index contributed by atoms with van der Waals surface area (Å²) < 4.78 is 84.5. The summed E-state index contributed by atoms with van der Waals surface area (Å²) in [6, 6.07) is 6.49. The number of ether oxygens (including phenoxy) is 9. The predicted molar refractivity (Wildman–Crippen MR) is 185 cm³/mol. The van der Waals surface area contributed by atoms with Crippen LogP contribution in [0.5, 0.6) is 0 Å². The summed E-state index contributed by atoms with van der Waals surface area (Å²) in [7, 11) is -5.48. The monoisotopic (exact) mass is 726 g/mol. The van der Waals surface area contributed by atoms with E-state index in [9.17, 15) is 8.42 Å². The summed E-state index contributed by atoms with van der Waals surface area (Å²) in [6.45, 7) is 21.9. The van der Waals surface area contributed by atoms with Gasteiger partial charge >= 0.3 is 0 Å². The molecule has 0 N–H and O–H groups in total. The lowest BCUT2D eigenvalue weighted by molar-refractivity contribution is -0.0257. The Morgan fingerprint density at radius 3 is 1.04 bits per heavy atom. The van der Waals surface area contributed by atoms with Gasteiger partial charge in [0.05, 0.1) is 137 Å². The van der Waals surface area contributed by atoms with Gasteiger partial charge in [-0.1, -0.05) is 38.5 Å². The first-order valence-electron chi connectivity index (χ1n) is 16.8. The molecule has 48 heavy (non-hydrogen) atoms. The van der Waals surface area contributed by atoms with E-state index < -0.39 is 18.4 Å². The zero-order chi connectivity index (χ0) is 35.4. The van der Waals surface area contributed by atoms with Crippen molar-refractivity contribution in [2.45, 2.75) is 50.7 Å². The van der Waals surface area contributed by atoms with Gasteiger partial charge in [0.2, 0.25) is 0 Å². The summed E-state index contributed by atoms with van der Waals surface area (Å²) in [4.78, 5) is 0.129. The highest BCUT2D eigenvalue weighted by Gasteiger charge is 2.36. The summed E-state index contributed by atoms with van der Waals surface area (Å²) in [6.07, 6.45) is 0. The van der Waals surface area contributed by atoms with E-state index in [1.54, 1.807) is 12.1 Å². The van der Waals surface area contributed by atoms with Crippen LogP contribution in [0.2, 0.25) is 18.1 Å². The second-order valence-corrected chi connectivity index (χ2v) is 18.6. The predicted octanol–water partition coefficient (Wildman–Crippen LogP) is 3.87. The Labute approximate surface area is 290 Å². The normalized spacial score (nSPS) is 12.6. The fraction of sp³-hybridized carbons (Fsp3) is 0.818. The number of hydrogen-bond donors (Lipinski definition) is 0. The smallest absolute Gasteiger partial charge is 0.297 e. The minimum Gasteiger partial charge on any atom is -0.414 e. The van der Waals surface area contributed by atoms with Gasteiger partial charge < -0.3 is 47.1 Å². The minimum absolute atomic E-state index is 0.0578. The summed E-state index contributed by atoms with van der Waals surface area (Å²) in [5.74, 6) is 0. The lowest BCUT2D eigenvalue weighted by atomic mass is 10.2. The van der Waals surface area contributed by atoms with Crippen LogP contribution in [0.3, 0.4) is 0 Å². The van der Waals surface area contributed by atoms with Crippen LogP contribution in [-0.2, 0) is 61.4 Å². The Morgan fingerprint density at radius 1 is 0.479 bits per heavy atom. The average molecular weight is 727 g/mol. The molecule has 0 atom stereocenters. The highest BCUT2D eigenvalue weighted by atomic mass is 32.2. The van der Waals surface area contributed by atoms with Crippen LogP contribution < -0.4 is 0 Å². The summed E-state index contributed by atoms with van der Waals surface area (Å²) in [5.41, 5.74) is 0.976. The topological polar surface area (TPSA) is 136 Å². The number of hydrogen-bond acceptors (Lipinski definition) is 13. The third-order valence-corrected chi connectivity index (χ3v) is 13.1. The molecule has 282 valence electrons. The molecular formula is C33H62O13SSi. The molecule has 0 bridgehead atoms. The number of aryl methyl sites for hydroxylation is 1. The Balaban J connectivity index is 1.71. The third kappa shape index (κ3) is 24.2. The van der Waals surface area contributed by atoms with Crippen LogP contribution in [0.15, 0.2) is 29.2 Å². The van der Waals surface area contributed by atoms with Gasteiger partial charge in [0.15, 0.2) is 8.32 Å². The van der Waals surface area contributed by atoms with Crippen LogP contribution in [0.4, 0.5) is 0 Å². The highest BCUT2D eigenvalue weighted by molar-refractivity contribution is 7.86. The Kier molecular flexibility index (Phi) is 25.9. The van der Waals surface area contributed by atoms with Crippen LogP contribution in [0.25, 0.3) is 0 Å². The van der Waals surface area contributed by atoms with Crippen LogP contribution in [0, 0.1) is 6.92 Å². The summed E-state index contributed by atoms with van der Waals surface area (Å²) in [5, 5.41) is 0.210. The Hall–Kier alpha value is -1.05. The lowest BCUT2D eigenvalue weighted by Gasteiger charge is -2.36. The standard InChI is InChI=1S/C33H62O13SSi/c1-31-7-9-32(10-8-31)47(34,35)45-29-27-43-25-23-41-21-19-39-17-15-37-13-11-36-12-14-38-16-18-40-20-22-42-24-26-44-28-30-46-48(5,6)33(2,3)4/h7-10H,11-30H2,1-6H3. The van der Waals surface area contributed by atoms with E-state index in [2.05, 4.69) is 33.9 Å². The minimum atomic E-state index is -3.77. The average Bonchev–Trinajstić information content (AvgIpc) is 3.03. The molecule has 0 fully saturated rings. The van der Waals surface area contributed by atoms with Gasteiger partial charge in [-0.15, -0.1) is 0 Å². The lowest BCUT2D eigenvalue weighted by Crippen LogP contribution is -2.41. The molecule has 0 saturated heterocycles. The molecule has 0 radical (unpaired) electrons. The molecular weight excluding hydrogens is 665 g/mol. The second kappa shape index (κ2) is 27.6. The van der Waals surface area contributed by atoms with Gasteiger partial charge in [-0.25, -0.2) is 0 Å². The zero-order valence-electron chi connectivity index (χ0n) is 30.2. The van der Waals surface area contributed by atoms with Crippen molar-refractivity contribution in [2.24, 2.45) is 0 Å². The first-order chi connectivity index (χ1) is 23.0. The van der Waals surface area contributed by atoms with Crippen molar-refractivity contribution in [3.8, 4) is 0 Å². The molecule has 0 heterocycles. The number of benzene rings is 1. The van der Waals surface area contributed by atoms with Crippen LogP contribution >= 0.6 is 0 Å². The first kappa shape index (κ1) is 45.0. The molecule has 15 heteroatoms. The molecule has 0 unspecified atom stereocenters. The molecule has 1 aromatic rings. The number of rotatable bonds is 33. The SMILES string of the molecule is Cc1ccc(S(=O)(=O)OCCOCCOCCOCCOCCOCCOCCOCCOCCOCCO[Si](C)(C)C(C)(C)C)cc1.